The number of aliphatic carboxylic acids is 2. The van der Waals surface area contributed by atoms with Crippen LogP contribution in [0, 0.1) is 6.92 Å². The minimum atomic E-state index is -3.47. The number of benzene rings is 2. The smallest absolute Gasteiger partial charge is 0.414 e. The van der Waals surface area contributed by atoms with Crippen LogP contribution in [0.2, 0.25) is 0 Å². The van der Waals surface area contributed by atoms with Crippen LogP contribution in [0.1, 0.15) is 11.1 Å². The maximum atomic E-state index is 12.8. The van der Waals surface area contributed by atoms with Gasteiger partial charge in [0.05, 0.1) is 19.1 Å². The number of piperazine rings is 1. The number of sulfonamides is 1. The summed E-state index contributed by atoms with van der Waals surface area (Å²) in [5, 5.41) is 24.8. The van der Waals surface area contributed by atoms with Crippen LogP contribution in [-0.4, -0.2) is 85.3 Å². The summed E-state index contributed by atoms with van der Waals surface area (Å²) in [6.45, 7) is 4.66. The molecule has 12 heteroatoms. The van der Waals surface area contributed by atoms with Crippen LogP contribution in [0.3, 0.4) is 0 Å². The zero-order valence-electron chi connectivity index (χ0n) is 19.1. The summed E-state index contributed by atoms with van der Waals surface area (Å²) < 4.78 is 37.6. The molecule has 186 valence electrons. The highest BCUT2D eigenvalue weighted by molar-refractivity contribution is 7.89. The van der Waals surface area contributed by atoms with Gasteiger partial charge < -0.3 is 24.8 Å². The molecule has 0 radical (unpaired) electrons. The molecule has 11 nitrogen and oxygen atoms in total. The Morgan fingerprint density at radius 3 is 1.79 bits per heavy atom. The maximum Gasteiger partial charge on any atom is 0.414 e. The van der Waals surface area contributed by atoms with Crippen molar-refractivity contribution in [1.82, 2.24) is 9.21 Å². The molecule has 1 aliphatic heterocycles. The molecule has 2 aromatic carbocycles. The normalized spacial score (nSPS) is 14.6. The van der Waals surface area contributed by atoms with Gasteiger partial charge in [-0.2, -0.15) is 4.31 Å². The Morgan fingerprint density at radius 1 is 0.912 bits per heavy atom. The average Bonchev–Trinajstić information content (AvgIpc) is 2.81. The maximum absolute atomic E-state index is 12.8. The lowest BCUT2D eigenvalue weighted by Crippen LogP contribution is -2.48. The summed E-state index contributed by atoms with van der Waals surface area (Å²) in [4.78, 5) is 20.7. The third-order valence-corrected chi connectivity index (χ3v) is 7.03. The quantitative estimate of drug-likeness (QED) is 0.500. The first-order chi connectivity index (χ1) is 16.0. The van der Waals surface area contributed by atoms with Crippen molar-refractivity contribution in [3.63, 3.8) is 0 Å². The first-order valence-electron chi connectivity index (χ1n) is 10.2. The summed E-state index contributed by atoms with van der Waals surface area (Å²) >= 11 is 0. The molecule has 1 heterocycles. The molecule has 0 atom stereocenters. The van der Waals surface area contributed by atoms with Gasteiger partial charge in [0.15, 0.2) is 11.5 Å². The molecule has 0 unspecified atom stereocenters. The highest BCUT2D eigenvalue weighted by Crippen LogP contribution is 2.37. The molecule has 1 saturated heterocycles. The molecule has 0 aromatic heterocycles. The van der Waals surface area contributed by atoms with Gasteiger partial charge in [-0.15, -0.1) is 0 Å². The summed E-state index contributed by atoms with van der Waals surface area (Å²) in [5.74, 6) is -2.96. The first-order valence-corrected chi connectivity index (χ1v) is 11.6. The molecule has 0 bridgehead atoms. The van der Waals surface area contributed by atoms with Crippen molar-refractivity contribution in [2.75, 3.05) is 40.4 Å². The molecule has 34 heavy (non-hydrogen) atoms. The molecule has 1 aliphatic rings. The van der Waals surface area contributed by atoms with Crippen molar-refractivity contribution < 1.29 is 42.8 Å². The van der Waals surface area contributed by atoms with Crippen molar-refractivity contribution in [3.8, 4) is 17.2 Å². The molecule has 1 fully saturated rings. The van der Waals surface area contributed by atoms with Crippen LogP contribution >= 0.6 is 0 Å². The lowest BCUT2D eigenvalue weighted by molar-refractivity contribution is -0.159. The largest absolute Gasteiger partial charge is 0.502 e. The molecule has 0 spiro atoms. The molecule has 3 N–H and O–H groups in total. The third kappa shape index (κ3) is 6.83. The molecule has 0 amide bonds. The van der Waals surface area contributed by atoms with E-state index in [2.05, 4.69) is 4.90 Å². The number of rotatable bonds is 6. The second-order valence-electron chi connectivity index (χ2n) is 7.45. The van der Waals surface area contributed by atoms with E-state index in [1.54, 1.807) is 24.3 Å². The van der Waals surface area contributed by atoms with Crippen LogP contribution in [0.4, 0.5) is 0 Å². The van der Waals surface area contributed by atoms with Gasteiger partial charge in [0.25, 0.3) is 0 Å². The number of phenolic OH excluding ortho intramolecular Hbond substituents is 1. The highest BCUT2D eigenvalue weighted by atomic mass is 32.2. The van der Waals surface area contributed by atoms with Crippen molar-refractivity contribution in [2.24, 2.45) is 0 Å². The molecule has 2 aromatic rings. The summed E-state index contributed by atoms with van der Waals surface area (Å²) in [7, 11) is -0.482. The van der Waals surface area contributed by atoms with Crippen LogP contribution in [0.5, 0.6) is 17.2 Å². The fourth-order valence-electron chi connectivity index (χ4n) is 3.28. The minimum absolute atomic E-state index is 0.0252. The van der Waals surface area contributed by atoms with Gasteiger partial charge in [-0.05, 0) is 36.8 Å². The lowest BCUT2D eigenvalue weighted by Gasteiger charge is -2.34. The highest BCUT2D eigenvalue weighted by Gasteiger charge is 2.28. The molecular formula is C22H28N2O9S. The van der Waals surface area contributed by atoms with E-state index in [0.717, 1.165) is 11.1 Å². The van der Waals surface area contributed by atoms with Gasteiger partial charge in [0, 0.05) is 32.7 Å². The van der Waals surface area contributed by atoms with E-state index in [4.69, 9.17) is 29.3 Å². The second kappa shape index (κ2) is 11.7. The Hall–Kier alpha value is -3.35. The van der Waals surface area contributed by atoms with Crippen LogP contribution < -0.4 is 9.47 Å². The SMILES string of the molecule is COc1cc(CN2CCN(S(=O)(=O)c3ccc(C)cc3)CC2)cc(OC)c1O.O=C(O)C(=O)O. The average molecular weight is 497 g/mol. The number of methoxy groups -OCH3 is 2. The minimum Gasteiger partial charge on any atom is -0.502 e. The zero-order valence-corrected chi connectivity index (χ0v) is 19.9. The zero-order chi connectivity index (χ0) is 25.5. The molecule has 0 aliphatic carbocycles. The van der Waals surface area contributed by atoms with Gasteiger partial charge in [-0.1, -0.05) is 17.7 Å². The van der Waals surface area contributed by atoms with E-state index in [9.17, 15) is 13.5 Å². The van der Waals surface area contributed by atoms with E-state index in [0.29, 0.717) is 49.1 Å². The van der Waals surface area contributed by atoms with Gasteiger partial charge >= 0.3 is 11.9 Å². The standard InChI is InChI=1S/C20H26N2O5S.C2H2O4/c1-15-4-6-17(7-5-15)28(24,25)22-10-8-21(9-11-22)14-16-12-18(26-2)20(23)19(13-16)27-3;3-1(4)2(5)6/h4-7,12-13,23H,8-11,14H2,1-3H3;(H,3,4)(H,5,6). The van der Waals surface area contributed by atoms with Crippen molar-refractivity contribution >= 4 is 22.0 Å². The van der Waals surface area contributed by atoms with Gasteiger partial charge in [-0.25, -0.2) is 18.0 Å². The number of carbonyl (C=O) groups is 2. The van der Waals surface area contributed by atoms with E-state index in [1.807, 2.05) is 19.1 Å². The van der Waals surface area contributed by atoms with E-state index < -0.39 is 22.0 Å². The summed E-state index contributed by atoms with van der Waals surface area (Å²) in [6.07, 6.45) is 0. The van der Waals surface area contributed by atoms with Crippen molar-refractivity contribution in [1.29, 1.82) is 0 Å². The van der Waals surface area contributed by atoms with Crippen LogP contribution in [0.25, 0.3) is 0 Å². The first kappa shape index (κ1) is 26.9. The Bertz CT molecular complexity index is 1070. The van der Waals surface area contributed by atoms with E-state index in [1.165, 1.54) is 18.5 Å². The number of phenols is 1. The molecule has 3 rings (SSSR count). The number of carboxylic acid groups (broad SMARTS) is 2. The van der Waals surface area contributed by atoms with Gasteiger partial charge in [0.1, 0.15) is 0 Å². The van der Waals surface area contributed by atoms with Crippen LogP contribution in [-0.2, 0) is 26.2 Å². The van der Waals surface area contributed by atoms with E-state index in [-0.39, 0.29) is 5.75 Å². The summed E-state index contributed by atoms with van der Waals surface area (Å²) in [5.41, 5.74) is 1.96. The Labute approximate surface area is 197 Å². The Kier molecular flexibility index (Phi) is 9.24. The Balaban J connectivity index is 0.000000604. The predicted molar refractivity (Wildman–Crippen MR) is 122 cm³/mol. The fourth-order valence-corrected chi connectivity index (χ4v) is 4.71. The number of aryl methyl sites for hydroxylation is 1. The van der Waals surface area contributed by atoms with Gasteiger partial charge in [0.2, 0.25) is 15.8 Å². The van der Waals surface area contributed by atoms with Crippen molar-refractivity contribution in [2.45, 2.75) is 18.4 Å². The van der Waals surface area contributed by atoms with Gasteiger partial charge in [-0.3, -0.25) is 4.90 Å². The fraction of sp³-hybridized carbons (Fsp3) is 0.364. The van der Waals surface area contributed by atoms with Crippen LogP contribution in [0.15, 0.2) is 41.3 Å². The lowest BCUT2D eigenvalue weighted by atomic mass is 10.1. The Morgan fingerprint density at radius 2 is 1.38 bits per heavy atom. The molecular weight excluding hydrogens is 468 g/mol. The number of hydrogen-bond acceptors (Lipinski definition) is 8. The van der Waals surface area contributed by atoms with Crippen molar-refractivity contribution in [3.05, 3.63) is 47.5 Å². The topological polar surface area (TPSA) is 154 Å². The number of aromatic hydroxyl groups is 1. The monoisotopic (exact) mass is 496 g/mol. The summed E-state index contributed by atoms with van der Waals surface area (Å²) in [6, 6.07) is 10.5. The predicted octanol–water partition coefficient (Wildman–Crippen LogP) is 1.38. The molecule has 0 saturated carbocycles. The number of ether oxygens (including phenoxy) is 2. The second-order valence-corrected chi connectivity index (χ2v) is 9.39. The number of carboxylic acids is 2. The third-order valence-electron chi connectivity index (χ3n) is 5.12. The number of nitrogens with zero attached hydrogens (tertiary/aromatic N) is 2. The van der Waals surface area contributed by atoms with E-state index >= 15 is 0 Å². The number of hydrogen-bond donors (Lipinski definition) is 3.